The molecule has 1 nitrogen and oxygen atoms in total. The van der Waals surface area contributed by atoms with Crippen molar-refractivity contribution in [3.8, 4) is 5.75 Å². The highest BCUT2D eigenvalue weighted by molar-refractivity contribution is 8.78. The van der Waals surface area contributed by atoms with Crippen LogP contribution in [0.3, 0.4) is 0 Å². The predicted molar refractivity (Wildman–Crippen MR) is 65.6 cm³/mol. The van der Waals surface area contributed by atoms with Gasteiger partial charge in [0.25, 0.3) is 0 Å². The molecule has 1 saturated heterocycles. The van der Waals surface area contributed by atoms with Gasteiger partial charge in [0.05, 0.1) is 7.11 Å². The van der Waals surface area contributed by atoms with Crippen molar-refractivity contribution in [2.45, 2.75) is 6.42 Å². The second-order valence-corrected chi connectivity index (χ2v) is 5.58. The Bertz CT molecular complexity index is 322. The Balaban J connectivity index is 2.12. The van der Waals surface area contributed by atoms with Crippen LogP contribution in [-0.4, -0.2) is 12.9 Å². The van der Waals surface area contributed by atoms with Gasteiger partial charge in [0.2, 0.25) is 0 Å². The van der Waals surface area contributed by atoms with Crippen LogP contribution in [0.25, 0.3) is 6.08 Å². The second kappa shape index (κ2) is 4.80. The van der Waals surface area contributed by atoms with Crippen molar-refractivity contribution in [2.24, 2.45) is 0 Å². The van der Waals surface area contributed by atoms with Crippen molar-refractivity contribution < 1.29 is 4.74 Å². The lowest BCUT2D eigenvalue weighted by Gasteiger charge is -2.00. The second-order valence-electron chi connectivity index (χ2n) is 3.04. The van der Waals surface area contributed by atoms with Gasteiger partial charge in [-0.25, -0.2) is 0 Å². The SMILES string of the molecule is COc1ccc(/C=C2/CCSS2)cc1. The zero-order valence-electron chi connectivity index (χ0n) is 8.03. The largest absolute Gasteiger partial charge is 0.497 e. The zero-order chi connectivity index (χ0) is 9.80. The summed E-state index contributed by atoms with van der Waals surface area (Å²) in [6, 6.07) is 8.18. The minimum absolute atomic E-state index is 0.917. The summed E-state index contributed by atoms with van der Waals surface area (Å²) in [6.45, 7) is 0. The van der Waals surface area contributed by atoms with E-state index in [-0.39, 0.29) is 0 Å². The number of ether oxygens (including phenoxy) is 1. The fourth-order valence-corrected chi connectivity index (χ4v) is 3.67. The van der Waals surface area contributed by atoms with E-state index >= 15 is 0 Å². The van der Waals surface area contributed by atoms with E-state index in [0.29, 0.717) is 0 Å². The highest BCUT2D eigenvalue weighted by Gasteiger charge is 2.07. The lowest BCUT2D eigenvalue weighted by atomic mass is 10.2. The van der Waals surface area contributed by atoms with Crippen LogP contribution >= 0.6 is 21.6 Å². The van der Waals surface area contributed by atoms with Gasteiger partial charge in [-0.15, -0.1) is 0 Å². The van der Waals surface area contributed by atoms with Gasteiger partial charge in [-0.05, 0) is 35.1 Å². The van der Waals surface area contributed by atoms with Gasteiger partial charge in [-0.3, -0.25) is 0 Å². The Morgan fingerprint density at radius 1 is 1.29 bits per heavy atom. The Kier molecular flexibility index (Phi) is 3.43. The summed E-state index contributed by atoms with van der Waals surface area (Å²) in [7, 11) is 5.52. The summed E-state index contributed by atoms with van der Waals surface area (Å²) in [5.41, 5.74) is 1.26. The van der Waals surface area contributed by atoms with Crippen molar-refractivity contribution >= 4 is 27.7 Å². The van der Waals surface area contributed by atoms with Crippen molar-refractivity contribution in [1.82, 2.24) is 0 Å². The molecule has 3 heteroatoms. The lowest BCUT2D eigenvalue weighted by molar-refractivity contribution is 0.415. The molecule has 2 rings (SSSR count). The average Bonchev–Trinajstić information content (AvgIpc) is 2.72. The lowest BCUT2D eigenvalue weighted by Crippen LogP contribution is -1.81. The minimum atomic E-state index is 0.917. The van der Waals surface area contributed by atoms with E-state index in [0.717, 1.165) is 5.75 Å². The van der Waals surface area contributed by atoms with Gasteiger partial charge < -0.3 is 4.74 Å². The number of hydrogen-bond acceptors (Lipinski definition) is 3. The molecular formula is C11H12OS2. The summed E-state index contributed by atoms with van der Waals surface area (Å²) in [5.74, 6) is 2.16. The first-order chi connectivity index (χ1) is 6.88. The van der Waals surface area contributed by atoms with Gasteiger partial charge in [-0.1, -0.05) is 33.7 Å². The first kappa shape index (κ1) is 9.99. The maximum absolute atomic E-state index is 5.11. The quantitative estimate of drug-likeness (QED) is 0.707. The molecule has 0 unspecified atom stereocenters. The molecule has 0 spiro atoms. The number of methoxy groups -OCH3 is 1. The van der Waals surface area contributed by atoms with Crippen LogP contribution in [0.1, 0.15) is 12.0 Å². The summed E-state index contributed by atoms with van der Waals surface area (Å²) in [4.78, 5) is 1.47. The van der Waals surface area contributed by atoms with Gasteiger partial charge in [-0.2, -0.15) is 0 Å². The number of rotatable bonds is 2. The first-order valence-corrected chi connectivity index (χ1v) is 6.84. The summed E-state index contributed by atoms with van der Waals surface area (Å²) >= 11 is 0. The zero-order valence-corrected chi connectivity index (χ0v) is 9.66. The molecule has 1 heterocycles. The minimum Gasteiger partial charge on any atom is -0.497 e. The Labute approximate surface area is 92.3 Å². The maximum atomic E-state index is 5.11. The molecule has 0 saturated carbocycles. The molecule has 0 aromatic heterocycles. The number of allylic oxidation sites excluding steroid dienone is 1. The molecule has 1 aliphatic heterocycles. The standard InChI is InChI=1S/C11H12OS2/c1-12-10-4-2-9(3-5-10)8-11-6-7-13-14-11/h2-5,8H,6-7H2,1H3/b11-8-. The van der Waals surface area contributed by atoms with E-state index in [1.165, 1.54) is 22.6 Å². The van der Waals surface area contributed by atoms with Crippen LogP contribution < -0.4 is 4.74 Å². The Hall–Kier alpha value is -0.540. The third-order valence-electron chi connectivity index (χ3n) is 2.04. The molecule has 0 bridgehead atoms. The van der Waals surface area contributed by atoms with E-state index < -0.39 is 0 Å². The van der Waals surface area contributed by atoms with Gasteiger partial charge in [0.1, 0.15) is 5.75 Å². The van der Waals surface area contributed by atoms with Crippen LogP contribution in [0, 0.1) is 0 Å². The molecule has 0 amide bonds. The molecule has 0 atom stereocenters. The normalized spacial score (nSPS) is 18.8. The third-order valence-corrected chi connectivity index (χ3v) is 4.56. The van der Waals surface area contributed by atoms with Gasteiger partial charge >= 0.3 is 0 Å². The van der Waals surface area contributed by atoms with Crippen molar-refractivity contribution in [2.75, 3.05) is 12.9 Å². The van der Waals surface area contributed by atoms with Crippen molar-refractivity contribution in [1.29, 1.82) is 0 Å². The topological polar surface area (TPSA) is 9.23 Å². The number of benzene rings is 1. The average molecular weight is 224 g/mol. The molecule has 0 N–H and O–H groups in total. The molecular weight excluding hydrogens is 212 g/mol. The van der Waals surface area contributed by atoms with E-state index in [1.54, 1.807) is 7.11 Å². The van der Waals surface area contributed by atoms with Crippen LogP contribution in [0.5, 0.6) is 5.75 Å². The summed E-state index contributed by atoms with van der Waals surface area (Å²) in [5, 5.41) is 0. The fourth-order valence-electron chi connectivity index (χ4n) is 1.28. The van der Waals surface area contributed by atoms with E-state index in [4.69, 9.17) is 4.74 Å². The van der Waals surface area contributed by atoms with E-state index in [1.807, 2.05) is 33.7 Å². The molecule has 1 aromatic rings. The van der Waals surface area contributed by atoms with E-state index in [9.17, 15) is 0 Å². The molecule has 0 radical (unpaired) electrons. The summed E-state index contributed by atoms with van der Waals surface area (Å²) in [6.07, 6.45) is 3.46. The van der Waals surface area contributed by atoms with Crippen molar-refractivity contribution in [3.63, 3.8) is 0 Å². The van der Waals surface area contributed by atoms with Crippen LogP contribution in [0.2, 0.25) is 0 Å². The molecule has 1 fully saturated rings. The van der Waals surface area contributed by atoms with Gasteiger partial charge in [0, 0.05) is 5.75 Å². The molecule has 14 heavy (non-hydrogen) atoms. The predicted octanol–water partition coefficient (Wildman–Crippen LogP) is 3.82. The van der Waals surface area contributed by atoms with Gasteiger partial charge in [0.15, 0.2) is 0 Å². The van der Waals surface area contributed by atoms with Crippen LogP contribution in [0.15, 0.2) is 29.2 Å². The number of hydrogen-bond donors (Lipinski definition) is 0. The molecule has 1 aromatic carbocycles. The fraction of sp³-hybridized carbons (Fsp3) is 0.273. The smallest absolute Gasteiger partial charge is 0.118 e. The monoisotopic (exact) mass is 224 g/mol. The first-order valence-electron chi connectivity index (χ1n) is 4.52. The van der Waals surface area contributed by atoms with Crippen molar-refractivity contribution in [3.05, 3.63) is 34.7 Å². The highest BCUT2D eigenvalue weighted by atomic mass is 33.1. The van der Waals surface area contributed by atoms with Crippen LogP contribution in [-0.2, 0) is 0 Å². The van der Waals surface area contributed by atoms with Crippen LogP contribution in [0.4, 0.5) is 0 Å². The van der Waals surface area contributed by atoms with E-state index in [2.05, 4.69) is 18.2 Å². The summed E-state index contributed by atoms with van der Waals surface area (Å²) < 4.78 is 5.11. The molecule has 74 valence electrons. The Morgan fingerprint density at radius 3 is 2.64 bits per heavy atom. The Morgan fingerprint density at radius 2 is 2.07 bits per heavy atom. The highest BCUT2D eigenvalue weighted by Crippen LogP contribution is 2.41. The molecule has 1 aliphatic rings. The third kappa shape index (κ3) is 2.49. The molecule has 0 aliphatic carbocycles. The maximum Gasteiger partial charge on any atom is 0.118 e.